The maximum absolute atomic E-state index is 13.9. The van der Waals surface area contributed by atoms with Crippen molar-refractivity contribution < 1.29 is 26.8 Å². The Kier molecular flexibility index (Phi) is 7.83. The van der Waals surface area contributed by atoms with Crippen molar-refractivity contribution in [3.8, 4) is 0 Å². The predicted molar refractivity (Wildman–Crippen MR) is 164 cm³/mol. The number of hydrogen-bond donors (Lipinski definition) is 3. The number of ketones is 1. The van der Waals surface area contributed by atoms with Crippen LogP contribution in [-0.2, 0) is 28.5 Å². The molecule has 0 aliphatic carbocycles. The lowest BCUT2D eigenvalue weighted by Crippen LogP contribution is -2.44. The van der Waals surface area contributed by atoms with Gasteiger partial charge in [0.1, 0.15) is 17.3 Å². The number of sulfonamides is 1. The molecule has 2 aliphatic rings. The lowest BCUT2D eigenvalue weighted by Gasteiger charge is -2.34. The molecule has 0 saturated carbocycles. The van der Waals surface area contributed by atoms with Gasteiger partial charge in [-0.2, -0.15) is 9.40 Å². The number of piperazine rings is 1. The average Bonchev–Trinajstić information content (AvgIpc) is 3.72. The number of hydrogen-bond acceptors (Lipinski definition) is 7. The number of aromatic amines is 2. The smallest absolute Gasteiger partial charge is 0.272 e. The number of H-pyrrole nitrogens is 2. The maximum atomic E-state index is 13.9. The molecular formula is C31H33F2N7O4S. The Bertz CT molecular complexity index is 1860. The number of anilines is 2. The van der Waals surface area contributed by atoms with Gasteiger partial charge in [-0.25, -0.2) is 17.2 Å². The summed E-state index contributed by atoms with van der Waals surface area (Å²) < 4.78 is 56.1. The van der Waals surface area contributed by atoms with Crippen LogP contribution in [-0.4, -0.2) is 77.7 Å². The van der Waals surface area contributed by atoms with Gasteiger partial charge in [0.15, 0.2) is 5.78 Å². The van der Waals surface area contributed by atoms with Crippen LogP contribution in [0.3, 0.4) is 0 Å². The van der Waals surface area contributed by atoms with E-state index in [1.165, 1.54) is 0 Å². The fourth-order valence-electron chi connectivity index (χ4n) is 5.93. The van der Waals surface area contributed by atoms with E-state index in [4.69, 9.17) is 0 Å². The van der Waals surface area contributed by atoms with Crippen molar-refractivity contribution in [1.29, 1.82) is 0 Å². The third-order valence-corrected chi connectivity index (χ3v) is 10.5. The third-order valence-electron chi connectivity index (χ3n) is 8.48. The van der Waals surface area contributed by atoms with E-state index < -0.39 is 38.0 Å². The van der Waals surface area contributed by atoms with Crippen molar-refractivity contribution >= 4 is 33.1 Å². The number of carbonyl (C=O) groups is 2. The largest absolute Gasteiger partial charge is 0.369 e. The standard InChI is InChI=1S/C31H33F2N7O4S/c1-31(2)29-24(18-40(31)45(43,44)22-14-19(32)13-20(33)15-22)27(36-37-29)17-28(41)23-7-6-21(39-11-9-38(3)10-12-39)16-26(23)35-30(42)25-5-4-8-34-25/h4-8,13-16,34H,9-12,17-18H2,1-3H3,(H,35,42)(H,36,37). The minimum atomic E-state index is -4.33. The monoisotopic (exact) mass is 637 g/mol. The minimum Gasteiger partial charge on any atom is -0.369 e. The van der Waals surface area contributed by atoms with Gasteiger partial charge in [-0.1, -0.05) is 0 Å². The summed E-state index contributed by atoms with van der Waals surface area (Å²) >= 11 is 0. The molecule has 2 aromatic heterocycles. The van der Waals surface area contributed by atoms with Gasteiger partial charge in [0.25, 0.3) is 5.91 Å². The lowest BCUT2D eigenvalue weighted by atomic mass is 9.98. The summed E-state index contributed by atoms with van der Waals surface area (Å²) in [6.07, 6.45) is 1.48. The van der Waals surface area contributed by atoms with Crippen LogP contribution in [0, 0.1) is 11.6 Å². The molecule has 236 valence electrons. The van der Waals surface area contributed by atoms with Crippen molar-refractivity contribution in [2.24, 2.45) is 0 Å². The van der Waals surface area contributed by atoms with Gasteiger partial charge in [0.2, 0.25) is 10.0 Å². The Morgan fingerprint density at radius 2 is 1.73 bits per heavy atom. The van der Waals surface area contributed by atoms with Crippen LogP contribution in [0.15, 0.2) is 59.6 Å². The number of aromatic nitrogens is 3. The highest BCUT2D eigenvalue weighted by Gasteiger charge is 2.48. The van der Waals surface area contributed by atoms with Crippen LogP contribution in [0.1, 0.15) is 51.6 Å². The summed E-state index contributed by atoms with van der Waals surface area (Å²) in [7, 11) is -2.27. The van der Waals surface area contributed by atoms with Gasteiger partial charge < -0.3 is 20.1 Å². The summed E-state index contributed by atoms with van der Waals surface area (Å²) in [5.41, 5.74) is 2.02. The van der Waals surface area contributed by atoms with Crippen molar-refractivity contribution in [3.05, 3.63) is 94.6 Å². The van der Waals surface area contributed by atoms with Crippen molar-refractivity contribution in [2.75, 3.05) is 43.4 Å². The van der Waals surface area contributed by atoms with Gasteiger partial charge in [-0.05, 0) is 63.4 Å². The van der Waals surface area contributed by atoms with Crippen LogP contribution in [0.25, 0.3) is 0 Å². The van der Waals surface area contributed by atoms with Crippen LogP contribution in [0.5, 0.6) is 0 Å². The number of halogens is 2. The van der Waals surface area contributed by atoms with Gasteiger partial charge >= 0.3 is 0 Å². The van der Waals surface area contributed by atoms with E-state index in [0.717, 1.165) is 48.3 Å². The highest BCUT2D eigenvalue weighted by molar-refractivity contribution is 7.89. The van der Waals surface area contributed by atoms with E-state index in [0.29, 0.717) is 34.4 Å². The number of fused-ring (bicyclic) bond motifs is 1. The zero-order valence-corrected chi connectivity index (χ0v) is 25.8. The maximum Gasteiger partial charge on any atom is 0.272 e. The molecule has 0 bridgehead atoms. The molecule has 45 heavy (non-hydrogen) atoms. The second-order valence-electron chi connectivity index (χ2n) is 11.9. The number of nitrogens with one attached hydrogen (secondary N) is 3. The molecule has 4 heterocycles. The molecule has 4 aromatic rings. The minimum absolute atomic E-state index is 0.152. The molecule has 11 nitrogen and oxygen atoms in total. The molecule has 1 amide bonds. The number of rotatable bonds is 8. The Morgan fingerprint density at radius 3 is 2.40 bits per heavy atom. The van der Waals surface area contributed by atoms with Crippen molar-refractivity contribution in [3.63, 3.8) is 0 Å². The highest BCUT2D eigenvalue weighted by Crippen LogP contribution is 2.43. The van der Waals surface area contributed by atoms with E-state index in [9.17, 15) is 26.8 Å². The van der Waals surface area contributed by atoms with Gasteiger partial charge in [0, 0.05) is 67.5 Å². The summed E-state index contributed by atoms with van der Waals surface area (Å²) in [6.45, 7) is 6.49. The van der Waals surface area contributed by atoms with E-state index in [1.54, 1.807) is 44.3 Å². The molecule has 6 rings (SSSR count). The highest BCUT2D eigenvalue weighted by atomic mass is 32.2. The molecule has 3 N–H and O–H groups in total. The molecule has 0 atom stereocenters. The number of Topliss-reactive ketones (excluding diaryl/α,β-unsaturated/α-hetero) is 1. The van der Waals surface area contributed by atoms with Gasteiger partial charge in [-0.3, -0.25) is 14.7 Å². The predicted octanol–water partition coefficient (Wildman–Crippen LogP) is 3.89. The van der Waals surface area contributed by atoms with Crippen LogP contribution in [0.2, 0.25) is 0 Å². The Labute approximate surface area is 259 Å². The van der Waals surface area contributed by atoms with Gasteiger partial charge in [-0.15, -0.1) is 0 Å². The van der Waals surface area contributed by atoms with Crippen LogP contribution >= 0.6 is 0 Å². The second kappa shape index (κ2) is 11.5. The van der Waals surface area contributed by atoms with Crippen molar-refractivity contribution in [1.82, 2.24) is 24.4 Å². The molecule has 0 radical (unpaired) electrons. The summed E-state index contributed by atoms with van der Waals surface area (Å²) in [4.78, 5) is 33.6. The summed E-state index contributed by atoms with van der Waals surface area (Å²) in [5, 5.41) is 10.1. The Morgan fingerprint density at radius 1 is 1.02 bits per heavy atom. The first-order valence-electron chi connectivity index (χ1n) is 14.5. The van der Waals surface area contributed by atoms with Crippen LogP contribution < -0.4 is 10.2 Å². The zero-order chi connectivity index (χ0) is 32.1. The van der Waals surface area contributed by atoms with Gasteiger partial charge in [0.05, 0.1) is 28.2 Å². The second-order valence-corrected chi connectivity index (χ2v) is 13.7. The Hall–Kier alpha value is -4.40. The normalized spacial score (nSPS) is 17.0. The SMILES string of the molecule is CN1CCN(c2ccc(C(=O)Cc3[nH]nc4c3CN(S(=O)(=O)c3cc(F)cc(F)c3)C4(C)C)c(NC(=O)c3ccc[nH]3)c2)CC1. The van der Waals surface area contributed by atoms with E-state index in [2.05, 4.69) is 37.3 Å². The zero-order valence-electron chi connectivity index (χ0n) is 25.0. The number of likely N-dealkylation sites (N-methyl/N-ethyl adjacent to an activating group) is 1. The number of amides is 1. The molecule has 1 saturated heterocycles. The third kappa shape index (κ3) is 5.76. The first-order chi connectivity index (χ1) is 21.3. The first kappa shape index (κ1) is 30.6. The van der Waals surface area contributed by atoms with E-state index >= 15 is 0 Å². The molecule has 2 aromatic carbocycles. The quantitative estimate of drug-likeness (QED) is 0.250. The fourth-order valence-corrected chi connectivity index (χ4v) is 7.69. The van der Waals surface area contributed by atoms with Crippen molar-refractivity contribution in [2.45, 2.75) is 37.2 Å². The Balaban J connectivity index is 1.29. The summed E-state index contributed by atoms with van der Waals surface area (Å²) in [6, 6.07) is 10.8. The number of benzene rings is 2. The lowest BCUT2D eigenvalue weighted by molar-refractivity contribution is 0.0992. The molecular weight excluding hydrogens is 604 g/mol. The first-order valence-corrected chi connectivity index (χ1v) is 15.9. The molecule has 0 unspecified atom stereocenters. The topological polar surface area (TPSA) is 134 Å². The van der Waals surface area contributed by atoms with E-state index in [1.807, 2.05) is 6.07 Å². The van der Waals surface area contributed by atoms with Crippen LogP contribution in [0.4, 0.5) is 20.2 Å². The molecule has 0 spiro atoms. The van der Waals surface area contributed by atoms with E-state index in [-0.39, 0.29) is 24.3 Å². The number of nitrogens with zero attached hydrogens (tertiary/aromatic N) is 4. The molecule has 2 aliphatic heterocycles. The fraction of sp³-hybridized carbons (Fsp3) is 0.323. The number of carbonyl (C=O) groups excluding carboxylic acids is 2. The molecule has 14 heteroatoms. The molecule has 1 fully saturated rings. The summed E-state index contributed by atoms with van der Waals surface area (Å²) in [5.74, 6) is -2.73. The average molecular weight is 638 g/mol.